The van der Waals surface area contributed by atoms with Gasteiger partial charge in [0.25, 0.3) is 11.8 Å². The van der Waals surface area contributed by atoms with E-state index in [1.54, 1.807) is 29.2 Å². The van der Waals surface area contributed by atoms with Crippen LogP contribution in [-0.4, -0.2) is 132 Å². The number of rotatable bonds is 14. The zero-order valence-corrected chi connectivity index (χ0v) is 47.3. The number of anilines is 5. The molecule has 3 amide bonds. The molecule has 8 heterocycles. The van der Waals surface area contributed by atoms with E-state index in [0.717, 1.165) is 130 Å². The number of nitrogens with zero attached hydrogens (tertiary/aromatic N) is 8. The number of ether oxygens (including phenoxy) is 1. The van der Waals surface area contributed by atoms with Gasteiger partial charge in [-0.05, 0) is 125 Å². The number of aromatic nitrogens is 3. The fourth-order valence-corrected chi connectivity index (χ4v) is 13.8. The lowest BCUT2D eigenvalue weighted by Gasteiger charge is -2.36. The Bertz CT molecular complexity index is 3610. The lowest BCUT2D eigenvalue weighted by Crippen LogP contribution is -2.51. The summed E-state index contributed by atoms with van der Waals surface area (Å²) in [6.07, 6.45) is 11.6. The molecule has 19 heteroatoms. The lowest BCUT2D eigenvalue weighted by molar-refractivity contribution is -0.132. The number of para-hydroxylation sites is 1. The van der Waals surface area contributed by atoms with Gasteiger partial charge in [0.15, 0.2) is 5.13 Å². The number of piperazine rings is 1. The molecule has 414 valence electrons. The van der Waals surface area contributed by atoms with Crippen LogP contribution >= 0.6 is 22.9 Å². The second kappa shape index (κ2) is 22.6. The summed E-state index contributed by atoms with van der Waals surface area (Å²) in [5, 5.41) is 23.3. The van der Waals surface area contributed by atoms with E-state index in [1.165, 1.54) is 50.8 Å². The molecule has 1 saturated heterocycles. The Morgan fingerprint density at radius 3 is 2.44 bits per heavy atom. The van der Waals surface area contributed by atoms with Crippen LogP contribution in [0.15, 0.2) is 60.8 Å². The van der Waals surface area contributed by atoms with Gasteiger partial charge in [-0.3, -0.25) is 19.3 Å². The van der Waals surface area contributed by atoms with Crippen molar-refractivity contribution in [2.75, 3.05) is 99.0 Å². The number of aryl methyl sites for hydroxylation is 4. The Labute approximate surface area is 474 Å². The summed E-state index contributed by atoms with van der Waals surface area (Å²) in [4.78, 5) is 77.4. The zero-order valence-electron chi connectivity index (χ0n) is 45.7. The smallest absolute Gasteiger partial charge is 0.336 e. The summed E-state index contributed by atoms with van der Waals surface area (Å²) >= 11 is 7.55. The number of carbonyl (C=O) groups is 4. The van der Waals surface area contributed by atoms with Crippen LogP contribution in [0.25, 0.3) is 5.57 Å². The van der Waals surface area contributed by atoms with Gasteiger partial charge in [-0.25, -0.2) is 24.3 Å². The first-order chi connectivity index (χ1) is 38.9. The van der Waals surface area contributed by atoms with Gasteiger partial charge in [0, 0.05) is 117 Å². The first-order valence-corrected chi connectivity index (χ1v) is 29.6. The van der Waals surface area contributed by atoms with Gasteiger partial charge in [0.05, 0.1) is 34.6 Å². The second-order valence-electron chi connectivity index (χ2n) is 21.8. The van der Waals surface area contributed by atoms with Crippen LogP contribution in [0.3, 0.4) is 0 Å². The summed E-state index contributed by atoms with van der Waals surface area (Å²) in [6.45, 7) is 13.5. The van der Waals surface area contributed by atoms with Crippen LogP contribution in [0.1, 0.15) is 121 Å². The fraction of sp³-hybridized carbons (Fsp3) is 0.410. The molecule has 2 aromatic heterocycles. The first-order valence-electron chi connectivity index (χ1n) is 28.4. The SMILES string of the molecule is CCN(CCNC(=O)c1ccc(C(=O)O)c(C2=c3cc4c5c(c3Oc3c2cc2c6c3CCCN6CCCC2)CCC[N+]=5CCCC4)c1)C(=O)CN1CCN(c2cc(Nc3ncc(C(=O)Nc4c(C)cccc4Cl)s3)nc(C)n2)CC1. The number of amides is 3. The highest BCUT2D eigenvalue weighted by atomic mass is 35.5. The van der Waals surface area contributed by atoms with Crippen LogP contribution in [0.5, 0.6) is 11.5 Å². The minimum Gasteiger partial charge on any atom is -0.478 e. The molecular weight excluding hydrogens is 1050 g/mol. The average molecular weight is 1120 g/mol. The summed E-state index contributed by atoms with van der Waals surface area (Å²) in [6, 6.07) is 16.8. The van der Waals surface area contributed by atoms with E-state index in [4.69, 9.17) is 21.3 Å². The molecule has 0 unspecified atom stereocenters. The van der Waals surface area contributed by atoms with Crippen LogP contribution in [-0.2, 0) is 30.5 Å². The largest absolute Gasteiger partial charge is 0.478 e. The van der Waals surface area contributed by atoms with Crippen molar-refractivity contribution in [1.82, 2.24) is 34.6 Å². The normalized spacial score (nSPS) is 16.5. The summed E-state index contributed by atoms with van der Waals surface area (Å²) in [5.74, 6) is 1.81. The monoisotopic (exact) mass is 1120 g/mol. The van der Waals surface area contributed by atoms with Crippen molar-refractivity contribution in [2.45, 2.75) is 85.0 Å². The molecule has 12 rings (SSSR count). The molecular formula is C61H67ClN11O6S+. The first kappa shape index (κ1) is 53.2. The van der Waals surface area contributed by atoms with Crippen LogP contribution in [0.2, 0.25) is 5.02 Å². The van der Waals surface area contributed by atoms with E-state index in [9.17, 15) is 24.3 Å². The summed E-state index contributed by atoms with van der Waals surface area (Å²) in [7, 11) is 0. The van der Waals surface area contributed by atoms with Crippen molar-refractivity contribution >= 4 is 80.3 Å². The van der Waals surface area contributed by atoms with Crippen molar-refractivity contribution in [3.05, 3.63) is 137 Å². The summed E-state index contributed by atoms with van der Waals surface area (Å²) in [5.41, 5.74) is 10.4. The molecule has 0 radical (unpaired) electrons. The summed E-state index contributed by atoms with van der Waals surface area (Å²) < 4.78 is 9.84. The number of benzene rings is 4. The number of hydrogen-bond acceptors (Lipinski definition) is 13. The van der Waals surface area contributed by atoms with Gasteiger partial charge in [-0.15, -0.1) is 0 Å². The maximum atomic E-state index is 14.3. The van der Waals surface area contributed by atoms with Gasteiger partial charge in [-0.2, -0.15) is 0 Å². The topological polar surface area (TPSA) is 188 Å². The molecule has 80 heavy (non-hydrogen) atoms. The van der Waals surface area contributed by atoms with E-state index in [0.29, 0.717) is 82.8 Å². The molecule has 4 N–H and O–H groups in total. The predicted octanol–water partition coefficient (Wildman–Crippen LogP) is 7.51. The molecule has 4 aromatic carbocycles. The van der Waals surface area contributed by atoms with E-state index in [2.05, 4.69) is 57.3 Å². The maximum Gasteiger partial charge on any atom is 0.336 e. The average Bonchev–Trinajstić information content (AvgIpc) is 3.80. The molecule has 0 spiro atoms. The highest BCUT2D eigenvalue weighted by Crippen LogP contribution is 2.49. The van der Waals surface area contributed by atoms with Gasteiger partial charge in [-0.1, -0.05) is 35.1 Å². The van der Waals surface area contributed by atoms with Crippen molar-refractivity contribution in [2.24, 2.45) is 0 Å². The van der Waals surface area contributed by atoms with Crippen molar-refractivity contribution < 1.29 is 29.0 Å². The van der Waals surface area contributed by atoms with Crippen molar-refractivity contribution in [3.63, 3.8) is 0 Å². The molecule has 1 fully saturated rings. The van der Waals surface area contributed by atoms with E-state index in [1.807, 2.05) is 39.0 Å². The Morgan fingerprint density at radius 1 is 0.812 bits per heavy atom. The third kappa shape index (κ3) is 10.5. The minimum atomic E-state index is -1.06. The Hall–Kier alpha value is -7.41. The van der Waals surface area contributed by atoms with Gasteiger partial charge in [0.2, 0.25) is 11.3 Å². The molecule has 6 aromatic rings. The number of carboxylic acid groups (broad SMARTS) is 1. The number of likely N-dealkylation sites (N-methyl/N-ethyl adjacent to an activating group) is 1. The highest BCUT2D eigenvalue weighted by Gasteiger charge is 2.36. The Kier molecular flexibility index (Phi) is 15.1. The number of carboxylic acids is 1. The molecule has 0 aliphatic carbocycles. The Balaban J connectivity index is 0.726. The van der Waals surface area contributed by atoms with Crippen LogP contribution < -0.4 is 45.6 Å². The number of nitrogens with one attached hydrogen (secondary N) is 3. The molecule has 0 bridgehead atoms. The predicted molar refractivity (Wildman–Crippen MR) is 312 cm³/mol. The molecule has 0 saturated carbocycles. The number of fused-ring (bicyclic) bond motifs is 4. The minimum absolute atomic E-state index is 0.0282. The lowest BCUT2D eigenvalue weighted by atomic mass is 9.82. The van der Waals surface area contributed by atoms with Gasteiger partial charge in [0.1, 0.15) is 46.9 Å². The number of carbonyl (C=O) groups excluding carboxylic acids is 3. The van der Waals surface area contributed by atoms with E-state index >= 15 is 0 Å². The van der Waals surface area contributed by atoms with Gasteiger partial charge >= 0.3 is 5.97 Å². The molecule has 0 atom stereocenters. The molecule has 6 aliphatic heterocycles. The van der Waals surface area contributed by atoms with E-state index < -0.39 is 5.97 Å². The van der Waals surface area contributed by atoms with Gasteiger partial charge < -0.3 is 40.5 Å². The van der Waals surface area contributed by atoms with Crippen molar-refractivity contribution in [1.29, 1.82) is 0 Å². The molecule has 6 aliphatic rings. The van der Waals surface area contributed by atoms with E-state index in [-0.39, 0.29) is 36.4 Å². The number of hydrogen-bond donors (Lipinski definition) is 4. The third-order valence-corrected chi connectivity index (χ3v) is 17.9. The fourth-order valence-electron chi connectivity index (χ4n) is 12.8. The van der Waals surface area contributed by atoms with Crippen molar-refractivity contribution in [3.8, 4) is 11.5 Å². The molecule has 17 nitrogen and oxygen atoms in total. The van der Waals surface area contributed by atoms with Crippen LogP contribution in [0, 0.1) is 13.8 Å². The number of thiazole rings is 1. The highest BCUT2D eigenvalue weighted by molar-refractivity contribution is 7.17. The maximum absolute atomic E-state index is 14.3. The third-order valence-electron chi connectivity index (χ3n) is 16.7. The number of halogens is 1. The van der Waals surface area contributed by atoms with Crippen LogP contribution in [0.4, 0.5) is 28.1 Å². The Morgan fingerprint density at radius 2 is 1.61 bits per heavy atom. The standard InChI is InChI=1S/C61H66ClN11O6S/c1-4-70(51(74)35-69-26-28-71(29-27-69)50-33-49(65-37(3)66-50)67-61-64-34-48(80-61)59(76)68-53-36(2)12-9-17-47(53)62)25-20-63-58(75)40-18-19-41(60(77)78)44(32-40)52-45-30-38-13-5-7-21-72-23-10-15-42(54(38)72)56(45)79-57-43-16-11-24-73-22-8-6-14-39(55(43)73)31-46(52)57/h9,12,17-19,30-34H,4-8,10-11,13-16,20-29,35H2,1-3H3,(H3-,63,64,65,66,67,68,75,76,77,78)/p+1. The zero-order chi connectivity index (χ0) is 55.2. The number of aromatic carboxylic acids is 1. The second-order valence-corrected chi connectivity index (χ2v) is 23.2. The quantitative estimate of drug-likeness (QED) is 0.0785.